The first-order valence-electron chi connectivity index (χ1n) is 7.87. The van der Waals surface area contributed by atoms with Gasteiger partial charge in [0.2, 0.25) is 0 Å². The highest BCUT2D eigenvalue weighted by Gasteiger charge is 1.92. The molecule has 1 aromatic rings. The summed E-state index contributed by atoms with van der Waals surface area (Å²) in [6.07, 6.45) is 3.55. The lowest BCUT2D eigenvalue weighted by Crippen LogP contribution is -1.91. The molecular formula is C18H36O. The van der Waals surface area contributed by atoms with Crippen molar-refractivity contribution in [3.8, 4) is 0 Å². The first kappa shape index (κ1) is 23.3. The van der Waals surface area contributed by atoms with E-state index in [4.69, 9.17) is 4.74 Å². The van der Waals surface area contributed by atoms with Crippen molar-refractivity contribution in [1.29, 1.82) is 0 Å². The van der Waals surface area contributed by atoms with Crippen molar-refractivity contribution in [3.05, 3.63) is 35.4 Å². The number of benzene rings is 1. The van der Waals surface area contributed by atoms with Crippen molar-refractivity contribution in [3.63, 3.8) is 0 Å². The predicted octanol–water partition coefficient (Wildman–Crippen LogP) is 6.04. The van der Waals surface area contributed by atoms with Crippen molar-refractivity contribution in [1.82, 2.24) is 0 Å². The summed E-state index contributed by atoms with van der Waals surface area (Å²) in [5.41, 5.74) is 2.77. The van der Waals surface area contributed by atoms with Crippen LogP contribution in [0.5, 0.6) is 0 Å². The van der Waals surface area contributed by atoms with E-state index in [1.54, 1.807) is 7.11 Å². The van der Waals surface area contributed by atoms with Crippen LogP contribution in [0.1, 0.15) is 65.5 Å². The minimum atomic E-state index is 0.881. The second kappa shape index (κ2) is 22.4. The zero-order valence-corrected chi connectivity index (χ0v) is 14.5. The summed E-state index contributed by atoms with van der Waals surface area (Å²) in [5.74, 6) is 0. The third kappa shape index (κ3) is 17.2. The number of ether oxygens (including phenoxy) is 1. The Morgan fingerprint density at radius 2 is 1.26 bits per heavy atom. The molecule has 0 atom stereocenters. The van der Waals surface area contributed by atoms with E-state index in [1.165, 1.54) is 24.0 Å². The van der Waals surface area contributed by atoms with Gasteiger partial charge in [0.25, 0.3) is 0 Å². The van der Waals surface area contributed by atoms with Gasteiger partial charge in [-0.3, -0.25) is 0 Å². The van der Waals surface area contributed by atoms with Gasteiger partial charge in [0.15, 0.2) is 0 Å². The highest BCUT2D eigenvalue weighted by atomic mass is 16.5. The first-order valence-corrected chi connectivity index (χ1v) is 7.87. The molecule has 0 spiro atoms. The molecule has 1 heteroatoms. The smallest absolute Gasteiger partial charge is 0.0462 e. The Hall–Kier alpha value is -0.820. The Morgan fingerprint density at radius 1 is 0.789 bits per heavy atom. The molecule has 1 rings (SSSR count). The van der Waals surface area contributed by atoms with Crippen LogP contribution in [0.25, 0.3) is 0 Å². The molecule has 0 heterocycles. The summed E-state index contributed by atoms with van der Waals surface area (Å²) in [7, 11) is 1.76. The van der Waals surface area contributed by atoms with Crippen LogP contribution in [0.4, 0.5) is 0 Å². The van der Waals surface area contributed by atoms with Crippen LogP contribution < -0.4 is 0 Å². The second-order valence-corrected chi connectivity index (χ2v) is 3.44. The van der Waals surface area contributed by atoms with E-state index >= 15 is 0 Å². The van der Waals surface area contributed by atoms with Crippen LogP contribution in [-0.4, -0.2) is 13.7 Å². The van der Waals surface area contributed by atoms with Crippen LogP contribution in [-0.2, 0) is 11.2 Å². The molecule has 0 aromatic heterocycles. The molecule has 0 bridgehead atoms. The fraction of sp³-hybridized carbons (Fsp3) is 0.667. The molecule has 0 amide bonds. The Kier molecular flexibility index (Phi) is 27.4. The van der Waals surface area contributed by atoms with E-state index in [2.05, 4.69) is 31.2 Å². The largest absolute Gasteiger partial charge is 0.385 e. The molecule has 1 nitrogen and oxygen atoms in total. The number of hydrogen-bond acceptors (Lipinski definition) is 1. The lowest BCUT2D eigenvalue weighted by atomic mass is 10.1. The molecule has 0 radical (unpaired) electrons. The standard InChI is InChI=1S/C12H18O.3C2H6/c1-11-6-8-12(9-7-11)5-3-4-10-13-2;3*1-2/h6-9H,3-5,10H2,1-2H3;3*1-2H3. The molecule has 0 aliphatic rings. The van der Waals surface area contributed by atoms with Gasteiger partial charge in [-0.25, -0.2) is 0 Å². The first-order chi connectivity index (χ1) is 9.33. The van der Waals surface area contributed by atoms with Crippen LogP contribution in [0.2, 0.25) is 0 Å². The molecule has 0 aliphatic heterocycles. The molecule has 0 saturated carbocycles. The molecule has 0 N–H and O–H groups in total. The van der Waals surface area contributed by atoms with Crippen LogP contribution >= 0.6 is 0 Å². The summed E-state index contributed by atoms with van der Waals surface area (Å²) in [4.78, 5) is 0. The summed E-state index contributed by atoms with van der Waals surface area (Å²) in [5, 5.41) is 0. The Balaban J connectivity index is -0.000000375. The van der Waals surface area contributed by atoms with Crippen LogP contribution in [0, 0.1) is 6.92 Å². The highest BCUT2D eigenvalue weighted by Crippen LogP contribution is 2.06. The van der Waals surface area contributed by atoms with Crippen molar-refractivity contribution in [2.75, 3.05) is 13.7 Å². The zero-order chi connectivity index (χ0) is 15.5. The predicted molar refractivity (Wildman–Crippen MR) is 90.0 cm³/mol. The van der Waals surface area contributed by atoms with Gasteiger partial charge < -0.3 is 4.74 Å². The van der Waals surface area contributed by atoms with Crippen molar-refractivity contribution in [2.24, 2.45) is 0 Å². The maximum Gasteiger partial charge on any atom is 0.0462 e. The molecule has 19 heavy (non-hydrogen) atoms. The summed E-state index contributed by atoms with van der Waals surface area (Å²) in [6.45, 7) is 15.0. The topological polar surface area (TPSA) is 9.23 Å². The molecule has 1 aromatic carbocycles. The molecule has 0 aliphatic carbocycles. The summed E-state index contributed by atoms with van der Waals surface area (Å²) in [6, 6.07) is 8.77. The number of hydrogen-bond donors (Lipinski definition) is 0. The number of unbranched alkanes of at least 4 members (excludes halogenated alkanes) is 1. The van der Waals surface area contributed by atoms with Crippen LogP contribution in [0.3, 0.4) is 0 Å². The molecule has 0 fully saturated rings. The van der Waals surface area contributed by atoms with Crippen molar-refractivity contribution in [2.45, 2.75) is 67.7 Å². The highest BCUT2D eigenvalue weighted by molar-refractivity contribution is 5.21. The minimum Gasteiger partial charge on any atom is -0.385 e. The zero-order valence-electron chi connectivity index (χ0n) is 14.5. The van der Waals surface area contributed by atoms with Gasteiger partial charge in [0.05, 0.1) is 0 Å². The third-order valence-corrected chi connectivity index (χ3v) is 2.18. The minimum absolute atomic E-state index is 0.881. The monoisotopic (exact) mass is 268 g/mol. The lowest BCUT2D eigenvalue weighted by molar-refractivity contribution is 0.193. The number of methoxy groups -OCH3 is 1. The van der Waals surface area contributed by atoms with Gasteiger partial charge in [0, 0.05) is 13.7 Å². The van der Waals surface area contributed by atoms with Crippen molar-refractivity contribution < 1.29 is 4.74 Å². The number of rotatable bonds is 5. The van der Waals surface area contributed by atoms with Gasteiger partial charge in [-0.2, -0.15) is 0 Å². The van der Waals surface area contributed by atoms with Gasteiger partial charge in [-0.15, -0.1) is 0 Å². The molecular weight excluding hydrogens is 232 g/mol. The molecule has 114 valence electrons. The third-order valence-electron chi connectivity index (χ3n) is 2.18. The molecule has 0 unspecified atom stereocenters. The van der Waals surface area contributed by atoms with Gasteiger partial charge in [0.1, 0.15) is 0 Å². The average molecular weight is 268 g/mol. The fourth-order valence-corrected chi connectivity index (χ4v) is 1.33. The van der Waals surface area contributed by atoms with E-state index in [1.807, 2.05) is 41.5 Å². The van der Waals surface area contributed by atoms with E-state index < -0.39 is 0 Å². The van der Waals surface area contributed by atoms with Gasteiger partial charge in [-0.1, -0.05) is 71.4 Å². The second-order valence-electron chi connectivity index (χ2n) is 3.44. The van der Waals surface area contributed by atoms with Gasteiger partial charge in [-0.05, 0) is 31.7 Å². The SMILES string of the molecule is CC.CC.CC.COCCCCc1ccc(C)cc1. The lowest BCUT2D eigenvalue weighted by Gasteiger charge is -2.01. The van der Waals surface area contributed by atoms with Crippen LogP contribution in [0.15, 0.2) is 24.3 Å². The van der Waals surface area contributed by atoms with E-state index in [0.29, 0.717) is 0 Å². The van der Waals surface area contributed by atoms with Gasteiger partial charge >= 0.3 is 0 Å². The maximum absolute atomic E-state index is 5.00. The quantitative estimate of drug-likeness (QED) is 0.591. The van der Waals surface area contributed by atoms with E-state index in [-0.39, 0.29) is 0 Å². The van der Waals surface area contributed by atoms with E-state index in [9.17, 15) is 0 Å². The Bertz CT molecular complexity index is 226. The number of aryl methyl sites for hydroxylation is 2. The fourth-order valence-electron chi connectivity index (χ4n) is 1.33. The summed E-state index contributed by atoms with van der Waals surface area (Å²) < 4.78 is 5.00. The Morgan fingerprint density at radius 3 is 1.68 bits per heavy atom. The van der Waals surface area contributed by atoms with E-state index in [0.717, 1.165) is 13.0 Å². The molecule has 0 saturated heterocycles. The van der Waals surface area contributed by atoms with Crippen molar-refractivity contribution >= 4 is 0 Å². The normalized spacial score (nSPS) is 8.00. The average Bonchev–Trinajstić information content (AvgIpc) is 2.52. The Labute approximate surface area is 122 Å². The maximum atomic E-state index is 5.00. The summed E-state index contributed by atoms with van der Waals surface area (Å²) >= 11 is 0.